The van der Waals surface area contributed by atoms with Gasteiger partial charge >= 0.3 is 0 Å². The van der Waals surface area contributed by atoms with Crippen LogP contribution in [-0.4, -0.2) is 15.9 Å². The Morgan fingerprint density at radius 3 is 2.75 bits per heavy atom. The number of hydrogen-bond donors (Lipinski definition) is 2. The molecule has 0 aliphatic heterocycles. The molecule has 0 saturated heterocycles. The molecule has 2 N–H and O–H groups in total. The van der Waals surface area contributed by atoms with E-state index in [9.17, 15) is 0 Å². The van der Waals surface area contributed by atoms with Crippen molar-refractivity contribution in [3.8, 4) is 0 Å². The number of nitrogens with zero attached hydrogens (tertiary/aromatic N) is 1. The topological polar surface area (TPSA) is 52.5 Å². The van der Waals surface area contributed by atoms with E-state index in [0.29, 0.717) is 5.71 Å². The zero-order valence-electron chi connectivity index (χ0n) is 7.60. The Morgan fingerprint density at radius 2 is 2.25 bits per heavy atom. The first-order valence-corrected chi connectivity index (χ1v) is 3.89. The van der Waals surface area contributed by atoms with E-state index in [0.717, 1.165) is 16.3 Å². The second-order valence-corrected chi connectivity index (χ2v) is 2.75. The van der Waals surface area contributed by atoms with Crippen LogP contribution in [-0.2, 0) is 0 Å². The van der Waals surface area contributed by atoms with Crippen LogP contribution < -0.4 is 10.6 Å². The summed E-state index contributed by atoms with van der Waals surface area (Å²) in [4.78, 5) is 0. The van der Waals surface area contributed by atoms with Crippen LogP contribution in [0.15, 0.2) is 0 Å². The number of aromatic nitrogens is 2. The molecule has 0 unspecified atom stereocenters. The van der Waals surface area contributed by atoms with Crippen molar-refractivity contribution in [1.82, 2.24) is 10.2 Å². The number of H-pyrrole nitrogens is 1. The first kappa shape index (κ1) is 8.71. The first-order valence-electron chi connectivity index (χ1n) is 3.89. The third-order valence-electron chi connectivity index (χ3n) is 1.67. The van der Waals surface area contributed by atoms with E-state index in [2.05, 4.69) is 10.2 Å². The van der Waals surface area contributed by atoms with Gasteiger partial charge in [0.2, 0.25) is 0 Å². The van der Waals surface area contributed by atoms with Crippen molar-refractivity contribution < 1.29 is 0 Å². The lowest BCUT2D eigenvalue weighted by molar-refractivity contribution is 1.03. The fraction of sp³-hybridized carbons (Fsp3) is 0.333. The van der Waals surface area contributed by atoms with Gasteiger partial charge in [0.15, 0.2) is 0 Å². The first-order chi connectivity index (χ1) is 5.65. The van der Waals surface area contributed by atoms with Gasteiger partial charge in [0.25, 0.3) is 0 Å². The summed E-state index contributed by atoms with van der Waals surface area (Å²) in [5.74, 6) is 0. The highest BCUT2D eigenvalue weighted by Gasteiger charge is 1.92. The molecule has 0 fully saturated rings. The van der Waals surface area contributed by atoms with Gasteiger partial charge < -0.3 is 5.41 Å². The quantitative estimate of drug-likeness (QED) is 0.576. The normalized spacial score (nSPS) is 13.9. The Hall–Kier alpha value is -1.38. The molecule has 0 atom stereocenters. The van der Waals surface area contributed by atoms with Crippen LogP contribution >= 0.6 is 0 Å². The highest BCUT2D eigenvalue weighted by Crippen LogP contribution is 1.74. The average Bonchev–Trinajstić information content (AvgIpc) is 2.30. The molecular weight excluding hydrogens is 150 g/mol. The molecule has 0 spiro atoms. The van der Waals surface area contributed by atoms with Gasteiger partial charge in [-0.25, -0.2) is 0 Å². The number of aromatic amines is 1. The summed E-state index contributed by atoms with van der Waals surface area (Å²) in [5.41, 5.74) is 1.51. The van der Waals surface area contributed by atoms with E-state index in [1.807, 2.05) is 19.9 Å². The standard InChI is InChI=1S/C9H13N3/c1-4-8-7(3)11-12-9(8)5-6(2)10/h4-5,10,12H,1-3H3/b8-4-,9-5+,10-6?. The zero-order chi connectivity index (χ0) is 9.14. The molecule has 12 heavy (non-hydrogen) atoms. The van der Waals surface area contributed by atoms with Gasteiger partial charge in [-0.1, -0.05) is 6.08 Å². The van der Waals surface area contributed by atoms with Crippen molar-refractivity contribution in [2.45, 2.75) is 20.8 Å². The summed E-state index contributed by atoms with van der Waals surface area (Å²) in [5, 5.41) is 16.2. The largest absolute Gasteiger partial charge is 0.306 e. The molecule has 0 aliphatic rings. The number of hydrogen-bond acceptors (Lipinski definition) is 2. The molecule has 64 valence electrons. The van der Waals surface area contributed by atoms with Crippen molar-refractivity contribution in [3.63, 3.8) is 0 Å². The summed E-state index contributed by atoms with van der Waals surface area (Å²) in [7, 11) is 0. The Bertz CT molecular complexity index is 398. The van der Waals surface area contributed by atoms with E-state index >= 15 is 0 Å². The van der Waals surface area contributed by atoms with Gasteiger partial charge in [-0.2, -0.15) is 5.10 Å². The number of aryl methyl sites for hydroxylation is 1. The summed E-state index contributed by atoms with van der Waals surface area (Å²) in [6.45, 7) is 5.66. The maximum Gasteiger partial charge on any atom is 0.0667 e. The lowest BCUT2D eigenvalue weighted by Gasteiger charge is -1.81. The number of rotatable bonds is 1. The lowest BCUT2D eigenvalue weighted by atomic mass is 10.3. The minimum atomic E-state index is 0.529. The lowest BCUT2D eigenvalue weighted by Crippen LogP contribution is -2.24. The minimum Gasteiger partial charge on any atom is -0.306 e. The fourth-order valence-corrected chi connectivity index (χ4v) is 1.15. The van der Waals surface area contributed by atoms with Gasteiger partial charge in [0.1, 0.15) is 0 Å². The van der Waals surface area contributed by atoms with E-state index in [4.69, 9.17) is 5.41 Å². The van der Waals surface area contributed by atoms with Crippen LogP contribution in [0.5, 0.6) is 0 Å². The fourth-order valence-electron chi connectivity index (χ4n) is 1.15. The van der Waals surface area contributed by atoms with Crippen LogP contribution in [0.2, 0.25) is 0 Å². The molecule has 1 aromatic rings. The third kappa shape index (κ3) is 1.61. The van der Waals surface area contributed by atoms with Crippen molar-refractivity contribution in [1.29, 1.82) is 5.41 Å². The van der Waals surface area contributed by atoms with Crippen molar-refractivity contribution in [2.75, 3.05) is 0 Å². The van der Waals surface area contributed by atoms with E-state index in [-0.39, 0.29) is 0 Å². The van der Waals surface area contributed by atoms with Gasteiger partial charge in [0.05, 0.1) is 11.0 Å². The Morgan fingerprint density at radius 1 is 1.58 bits per heavy atom. The molecular formula is C9H13N3. The maximum atomic E-state index is 7.30. The Balaban J connectivity index is 3.46. The van der Waals surface area contributed by atoms with Gasteiger partial charge in [-0.15, -0.1) is 0 Å². The van der Waals surface area contributed by atoms with Crippen LogP contribution in [0.4, 0.5) is 0 Å². The third-order valence-corrected chi connectivity index (χ3v) is 1.67. The molecule has 1 rings (SSSR count). The molecule has 0 saturated carbocycles. The smallest absolute Gasteiger partial charge is 0.0667 e. The Kier molecular flexibility index (Phi) is 2.43. The molecule has 0 aliphatic carbocycles. The van der Waals surface area contributed by atoms with E-state index < -0.39 is 0 Å². The summed E-state index contributed by atoms with van der Waals surface area (Å²) < 4.78 is 0. The van der Waals surface area contributed by atoms with Crippen molar-refractivity contribution in [2.24, 2.45) is 0 Å². The monoisotopic (exact) mass is 163 g/mol. The zero-order valence-corrected chi connectivity index (χ0v) is 7.60. The second kappa shape index (κ2) is 3.34. The molecule has 0 radical (unpaired) electrons. The van der Waals surface area contributed by atoms with E-state index in [1.54, 1.807) is 13.0 Å². The van der Waals surface area contributed by atoms with Crippen LogP contribution in [0.3, 0.4) is 0 Å². The van der Waals surface area contributed by atoms with Gasteiger partial charge in [-0.3, -0.25) is 5.10 Å². The second-order valence-electron chi connectivity index (χ2n) is 2.75. The molecule has 0 amide bonds. The summed E-state index contributed by atoms with van der Waals surface area (Å²) >= 11 is 0. The molecule has 1 heterocycles. The molecule has 0 bridgehead atoms. The predicted molar refractivity (Wildman–Crippen MR) is 50.6 cm³/mol. The molecule has 3 heteroatoms. The average molecular weight is 163 g/mol. The molecule has 0 aromatic carbocycles. The molecule has 1 aromatic heterocycles. The van der Waals surface area contributed by atoms with Crippen LogP contribution in [0.1, 0.15) is 19.5 Å². The molecule has 3 nitrogen and oxygen atoms in total. The van der Waals surface area contributed by atoms with Gasteiger partial charge in [-0.05, 0) is 26.8 Å². The van der Waals surface area contributed by atoms with Gasteiger partial charge in [0, 0.05) is 10.9 Å². The maximum absolute atomic E-state index is 7.30. The SMILES string of the molecule is C/C=c1/c(C)n[nH]/c1=C/C(C)=N. The van der Waals surface area contributed by atoms with Crippen molar-refractivity contribution >= 4 is 17.9 Å². The predicted octanol–water partition coefficient (Wildman–Crippen LogP) is 0.339. The van der Waals surface area contributed by atoms with Crippen molar-refractivity contribution in [3.05, 3.63) is 16.3 Å². The highest BCUT2D eigenvalue weighted by molar-refractivity contribution is 6.05. The number of nitrogens with one attached hydrogen (secondary N) is 2. The minimum absolute atomic E-state index is 0.529. The van der Waals surface area contributed by atoms with Crippen LogP contribution in [0.25, 0.3) is 12.2 Å². The van der Waals surface area contributed by atoms with E-state index in [1.165, 1.54) is 0 Å². The van der Waals surface area contributed by atoms with Crippen LogP contribution in [0, 0.1) is 12.3 Å². The highest BCUT2D eigenvalue weighted by atomic mass is 15.1. The Labute approximate surface area is 71.3 Å². The summed E-state index contributed by atoms with van der Waals surface area (Å²) in [6.07, 6.45) is 3.77. The summed E-state index contributed by atoms with van der Waals surface area (Å²) in [6, 6.07) is 0.